The molecule has 4 nitrogen and oxygen atoms in total. The van der Waals surface area contributed by atoms with Crippen LogP contribution in [0.25, 0.3) is 0 Å². The molecule has 0 saturated heterocycles. The molecule has 1 fully saturated rings. The van der Waals surface area contributed by atoms with Gasteiger partial charge in [-0.3, -0.25) is 4.79 Å². The number of carbonyl (C=O) groups excluding carboxylic acids is 1. The van der Waals surface area contributed by atoms with Crippen LogP contribution >= 0.6 is 0 Å². The van der Waals surface area contributed by atoms with Crippen LogP contribution in [0.5, 0.6) is 0 Å². The zero-order chi connectivity index (χ0) is 11.1. The molecule has 4 heteroatoms. The van der Waals surface area contributed by atoms with E-state index in [1.165, 1.54) is 6.42 Å². The monoisotopic (exact) mass is 215 g/mol. The van der Waals surface area contributed by atoms with Gasteiger partial charge in [0, 0.05) is 19.1 Å². The largest absolute Gasteiger partial charge is 0.351 e. The Morgan fingerprint density at radius 2 is 1.93 bits per heavy atom. The van der Waals surface area contributed by atoms with Crippen molar-refractivity contribution in [1.29, 1.82) is 0 Å². The molecule has 1 amide bonds. The lowest BCUT2D eigenvalue weighted by molar-refractivity contribution is -0.143. The van der Waals surface area contributed by atoms with Gasteiger partial charge in [0.1, 0.15) is 0 Å². The first-order chi connectivity index (χ1) is 7.27. The minimum absolute atomic E-state index is 0.144. The molecule has 1 rings (SSSR count). The molecule has 0 heterocycles. The van der Waals surface area contributed by atoms with E-state index in [-0.39, 0.29) is 18.1 Å². The summed E-state index contributed by atoms with van der Waals surface area (Å²) in [5.74, 6) is 0.375. The van der Waals surface area contributed by atoms with Crippen LogP contribution < -0.4 is 5.32 Å². The van der Waals surface area contributed by atoms with Crippen molar-refractivity contribution in [3.8, 4) is 0 Å². The average molecular weight is 215 g/mol. The Morgan fingerprint density at radius 3 is 2.33 bits per heavy atom. The molecule has 1 saturated carbocycles. The van der Waals surface area contributed by atoms with Crippen LogP contribution in [0, 0.1) is 5.92 Å². The van der Waals surface area contributed by atoms with Crippen LogP contribution in [-0.2, 0) is 14.3 Å². The highest BCUT2D eigenvalue weighted by atomic mass is 16.7. The van der Waals surface area contributed by atoms with Gasteiger partial charge in [-0.1, -0.05) is 6.42 Å². The van der Waals surface area contributed by atoms with Gasteiger partial charge in [-0.2, -0.15) is 0 Å². The van der Waals surface area contributed by atoms with E-state index in [4.69, 9.17) is 9.47 Å². The van der Waals surface area contributed by atoms with Crippen molar-refractivity contribution in [3.63, 3.8) is 0 Å². The summed E-state index contributed by atoms with van der Waals surface area (Å²) in [5, 5.41) is 2.87. The van der Waals surface area contributed by atoms with Crippen LogP contribution in [0.2, 0.25) is 0 Å². The third-order valence-corrected chi connectivity index (χ3v) is 2.62. The third kappa shape index (κ3) is 4.18. The average Bonchev–Trinajstić information content (AvgIpc) is 2.12. The second-order valence-electron chi connectivity index (χ2n) is 3.71. The van der Waals surface area contributed by atoms with Gasteiger partial charge in [-0.15, -0.1) is 0 Å². The van der Waals surface area contributed by atoms with Crippen molar-refractivity contribution in [2.45, 2.75) is 39.4 Å². The lowest BCUT2D eigenvalue weighted by Gasteiger charge is -2.25. The van der Waals surface area contributed by atoms with Crippen LogP contribution in [0.1, 0.15) is 33.1 Å². The standard InChI is InChI=1S/C11H21NO3/c1-3-14-10(15-4-2)8-12-11(13)9-6-5-7-9/h9-10H,3-8H2,1-2H3,(H,12,13). The number of carbonyl (C=O) groups is 1. The highest BCUT2D eigenvalue weighted by Crippen LogP contribution is 2.26. The molecule has 1 N–H and O–H groups in total. The first-order valence-corrected chi connectivity index (χ1v) is 5.78. The molecule has 0 aromatic heterocycles. The normalized spacial score (nSPS) is 16.5. The molecular weight excluding hydrogens is 194 g/mol. The fraction of sp³-hybridized carbons (Fsp3) is 0.909. The maximum atomic E-state index is 11.5. The summed E-state index contributed by atoms with van der Waals surface area (Å²) in [6, 6.07) is 0. The maximum absolute atomic E-state index is 11.5. The number of hydrogen-bond acceptors (Lipinski definition) is 3. The molecule has 0 unspecified atom stereocenters. The fourth-order valence-corrected chi connectivity index (χ4v) is 1.54. The maximum Gasteiger partial charge on any atom is 0.223 e. The Bertz CT molecular complexity index is 186. The van der Waals surface area contributed by atoms with Crippen molar-refractivity contribution in [2.75, 3.05) is 19.8 Å². The van der Waals surface area contributed by atoms with Crippen LogP contribution in [0.15, 0.2) is 0 Å². The zero-order valence-electron chi connectivity index (χ0n) is 9.62. The van der Waals surface area contributed by atoms with Crippen LogP contribution in [0.3, 0.4) is 0 Å². The van der Waals surface area contributed by atoms with E-state index in [1.807, 2.05) is 13.8 Å². The Balaban J connectivity index is 2.16. The van der Waals surface area contributed by atoms with E-state index >= 15 is 0 Å². The lowest BCUT2D eigenvalue weighted by atomic mass is 9.85. The highest BCUT2D eigenvalue weighted by molar-refractivity contribution is 5.79. The predicted molar refractivity (Wildman–Crippen MR) is 57.4 cm³/mol. The van der Waals surface area contributed by atoms with Crippen molar-refractivity contribution in [2.24, 2.45) is 5.92 Å². The molecule has 1 aliphatic carbocycles. The third-order valence-electron chi connectivity index (χ3n) is 2.62. The number of nitrogens with one attached hydrogen (secondary N) is 1. The summed E-state index contributed by atoms with van der Waals surface area (Å²) >= 11 is 0. The second kappa shape index (κ2) is 6.80. The van der Waals surface area contributed by atoms with Gasteiger partial charge in [0.25, 0.3) is 0 Å². The number of rotatable bonds is 7. The quantitative estimate of drug-likeness (QED) is 0.651. The van der Waals surface area contributed by atoms with Crippen molar-refractivity contribution < 1.29 is 14.3 Å². The fourth-order valence-electron chi connectivity index (χ4n) is 1.54. The summed E-state index contributed by atoms with van der Waals surface area (Å²) in [6.07, 6.45) is 2.93. The Kier molecular flexibility index (Phi) is 5.65. The SMILES string of the molecule is CCOC(CNC(=O)C1CCC1)OCC. The molecular formula is C11H21NO3. The van der Waals surface area contributed by atoms with E-state index in [2.05, 4.69) is 5.32 Å². The lowest BCUT2D eigenvalue weighted by Crippen LogP contribution is -2.40. The van der Waals surface area contributed by atoms with Gasteiger partial charge >= 0.3 is 0 Å². The van der Waals surface area contributed by atoms with E-state index in [1.54, 1.807) is 0 Å². The number of amides is 1. The minimum atomic E-state index is -0.302. The summed E-state index contributed by atoms with van der Waals surface area (Å²) < 4.78 is 10.7. The molecule has 0 radical (unpaired) electrons. The van der Waals surface area contributed by atoms with Gasteiger partial charge in [-0.05, 0) is 26.7 Å². The molecule has 0 bridgehead atoms. The first-order valence-electron chi connectivity index (χ1n) is 5.78. The topological polar surface area (TPSA) is 47.6 Å². The van der Waals surface area contributed by atoms with E-state index in [9.17, 15) is 4.79 Å². The molecule has 0 aliphatic heterocycles. The number of hydrogen-bond donors (Lipinski definition) is 1. The Hall–Kier alpha value is -0.610. The van der Waals surface area contributed by atoms with Gasteiger partial charge < -0.3 is 14.8 Å². The zero-order valence-corrected chi connectivity index (χ0v) is 9.62. The first kappa shape index (κ1) is 12.5. The van der Waals surface area contributed by atoms with Gasteiger partial charge in [-0.25, -0.2) is 0 Å². The number of ether oxygens (including phenoxy) is 2. The van der Waals surface area contributed by atoms with Gasteiger partial charge in [0.2, 0.25) is 5.91 Å². The predicted octanol–water partition coefficient (Wildman–Crippen LogP) is 1.30. The van der Waals surface area contributed by atoms with Crippen molar-refractivity contribution >= 4 is 5.91 Å². The Labute approximate surface area is 91.3 Å². The molecule has 0 aromatic carbocycles. The van der Waals surface area contributed by atoms with E-state index in [0.717, 1.165) is 12.8 Å². The summed E-state index contributed by atoms with van der Waals surface area (Å²) in [6.45, 7) is 5.49. The molecule has 88 valence electrons. The smallest absolute Gasteiger partial charge is 0.223 e. The van der Waals surface area contributed by atoms with Crippen molar-refractivity contribution in [1.82, 2.24) is 5.32 Å². The highest BCUT2D eigenvalue weighted by Gasteiger charge is 2.25. The molecule has 0 aromatic rings. The summed E-state index contributed by atoms with van der Waals surface area (Å²) in [7, 11) is 0. The van der Waals surface area contributed by atoms with Gasteiger partial charge in [0.15, 0.2) is 6.29 Å². The van der Waals surface area contributed by atoms with Gasteiger partial charge in [0.05, 0.1) is 6.54 Å². The molecule has 0 spiro atoms. The second-order valence-corrected chi connectivity index (χ2v) is 3.71. The van der Waals surface area contributed by atoms with Crippen molar-refractivity contribution in [3.05, 3.63) is 0 Å². The minimum Gasteiger partial charge on any atom is -0.351 e. The van der Waals surface area contributed by atoms with Crippen LogP contribution in [-0.4, -0.2) is 32.0 Å². The summed E-state index contributed by atoms with van der Waals surface area (Å²) in [5.41, 5.74) is 0. The van der Waals surface area contributed by atoms with Crippen LogP contribution in [0.4, 0.5) is 0 Å². The molecule has 15 heavy (non-hydrogen) atoms. The summed E-state index contributed by atoms with van der Waals surface area (Å²) in [4.78, 5) is 11.5. The van der Waals surface area contributed by atoms with E-state index in [0.29, 0.717) is 19.8 Å². The molecule has 1 aliphatic rings. The molecule has 0 atom stereocenters. The Morgan fingerprint density at radius 1 is 1.33 bits per heavy atom. The van der Waals surface area contributed by atoms with E-state index < -0.39 is 0 Å².